The van der Waals surface area contributed by atoms with Gasteiger partial charge < -0.3 is 15.4 Å². The zero-order chi connectivity index (χ0) is 20.1. The fourth-order valence-corrected chi connectivity index (χ4v) is 2.76. The summed E-state index contributed by atoms with van der Waals surface area (Å²) < 4.78 is 5.75. The lowest BCUT2D eigenvalue weighted by atomic mass is 10.2. The van der Waals surface area contributed by atoms with Crippen LogP contribution < -0.4 is 15.4 Å². The van der Waals surface area contributed by atoms with Crippen molar-refractivity contribution in [2.75, 3.05) is 5.32 Å². The van der Waals surface area contributed by atoms with Crippen LogP contribution in [0.25, 0.3) is 0 Å². The molecule has 2 aromatic carbocycles. The van der Waals surface area contributed by atoms with Crippen LogP contribution in [0.5, 0.6) is 5.75 Å². The first-order valence-corrected chi connectivity index (χ1v) is 9.52. The molecule has 1 aromatic heterocycles. The molecule has 0 bridgehead atoms. The van der Waals surface area contributed by atoms with Gasteiger partial charge in [0.15, 0.2) is 0 Å². The van der Waals surface area contributed by atoms with E-state index in [1.54, 1.807) is 30.3 Å². The third-order valence-corrected chi connectivity index (χ3v) is 4.53. The zero-order valence-corrected chi connectivity index (χ0v) is 15.8. The van der Waals surface area contributed by atoms with Crippen molar-refractivity contribution in [2.24, 2.45) is 0 Å². The van der Waals surface area contributed by atoms with Crippen molar-refractivity contribution in [1.29, 1.82) is 0 Å². The summed E-state index contributed by atoms with van der Waals surface area (Å²) in [6, 6.07) is 20.4. The van der Waals surface area contributed by atoms with Crippen molar-refractivity contribution in [3.63, 3.8) is 0 Å². The van der Waals surface area contributed by atoms with Gasteiger partial charge in [-0.1, -0.05) is 30.3 Å². The highest BCUT2D eigenvalue weighted by Crippen LogP contribution is 2.20. The normalized spacial score (nSPS) is 12.8. The second kappa shape index (κ2) is 8.56. The minimum Gasteiger partial charge on any atom is -0.489 e. The molecule has 6 heteroatoms. The van der Waals surface area contributed by atoms with Gasteiger partial charge in [0.05, 0.1) is 0 Å². The molecule has 6 nitrogen and oxygen atoms in total. The molecule has 1 aliphatic rings. The lowest BCUT2D eigenvalue weighted by molar-refractivity contribution is 0.0946. The fourth-order valence-electron chi connectivity index (χ4n) is 2.76. The van der Waals surface area contributed by atoms with Gasteiger partial charge in [0, 0.05) is 23.5 Å². The molecule has 146 valence electrons. The van der Waals surface area contributed by atoms with E-state index >= 15 is 0 Å². The summed E-state index contributed by atoms with van der Waals surface area (Å²) in [5.41, 5.74) is 2.35. The van der Waals surface area contributed by atoms with E-state index < -0.39 is 0 Å². The molecule has 2 amide bonds. The van der Waals surface area contributed by atoms with Gasteiger partial charge in [-0.05, 0) is 54.8 Å². The molecule has 1 aliphatic carbocycles. The molecule has 1 heterocycles. The van der Waals surface area contributed by atoms with E-state index in [0.717, 1.165) is 24.2 Å². The highest BCUT2D eigenvalue weighted by molar-refractivity contribution is 6.05. The van der Waals surface area contributed by atoms with Crippen LogP contribution in [-0.2, 0) is 6.61 Å². The molecule has 3 aromatic rings. The standard InChI is InChI=1S/C23H21N3O3/c27-22(17-12-13-24-21(14-17)23(28)26-18-6-7-18)25-19-8-10-20(11-9-19)29-15-16-4-2-1-3-5-16/h1-5,8-14,18H,6-7,15H2,(H,25,27)(H,26,28). The minimum atomic E-state index is -0.300. The quantitative estimate of drug-likeness (QED) is 0.646. The van der Waals surface area contributed by atoms with E-state index in [9.17, 15) is 9.59 Å². The Balaban J connectivity index is 1.35. The Hall–Kier alpha value is -3.67. The van der Waals surface area contributed by atoms with E-state index in [2.05, 4.69) is 15.6 Å². The number of ether oxygens (including phenoxy) is 1. The van der Waals surface area contributed by atoms with Crippen LogP contribution in [0, 0.1) is 0 Å². The van der Waals surface area contributed by atoms with Crippen molar-refractivity contribution >= 4 is 17.5 Å². The lowest BCUT2D eigenvalue weighted by Gasteiger charge is -2.09. The minimum absolute atomic E-state index is 0.240. The average Bonchev–Trinajstić information content (AvgIpc) is 3.58. The van der Waals surface area contributed by atoms with Gasteiger partial charge in [0.25, 0.3) is 11.8 Å². The SMILES string of the molecule is O=C(Nc1ccc(OCc2ccccc2)cc1)c1ccnc(C(=O)NC2CC2)c1. The summed E-state index contributed by atoms with van der Waals surface area (Å²) in [5, 5.41) is 5.69. The molecule has 0 radical (unpaired) electrons. The van der Waals surface area contributed by atoms with E-state index in [0.29, 0.717) is 17.9 Å². The van der Waals surface area contributed by atoms with Gasteiger partial charge in [-0.2, -0.15) is 0 Å². The van der Waals surface area contributed by atoms with Crippen molar-refractivity contribution < 1.29 is 14.3 Å². The maximum absolute atomic E-state index is 12.5. The van der Waals surface area contributed by atoms with E-state index in [4.69, 9.17) is 4.74 Å². The number of aromatic nitrogens is 1. The monoisotopic (exact) mass is 387 g/mol. The highest BCUT2D eigenvalue weighted by Gasteiger charge is 2.24. The van der Waals surface area contributed by atoms with Crippen molar-refractivity contribution in [3.05, 3.63) is 89.7 Å². The molecule has 0 atom stereocenters. The van der Waals surface area contributed by atoms with Crippen LogP contribution in [0.2, 0.25) is 0 Å². The molecule has 0 unspecified atom stereocenters. The Morgan fingerprint density at radius 2 is 1.72 bits per heavy atom. The van der Waals surface area contributed by atoms with Crippen LogP contribution in [0.1, 0.15) is 39.3 Å². The summed E-state index contributed by atoms with van der Waals surface area (Å²) in [5.74, 6) is 0.169. The number of pyridine rings is 1. The molecule has 0 aliphatic heterocycles. The van der Waals surface area contributed by atoms with Crippen LogP contribution in [0.3, 0.4) is 0 Å². The Labute approximate surface area is 168 Å². The molecule has 29 heavy (non-hydrogen) atoms. The summed E-state index contributed by atoms with van der Waals surface area (Å²) in [6.07, 6.45) is 3.46. The number of carbonyl (C=O) groups is 2. The van der Waals surface area contributed by atoms with Crippen LogP contribution in [0.15, 0.2) is 72.9 Å². The Bertz CT molecular complexity index is 999. The number of benzene rings is 2. The van der Waals surface area contributed by atoms with Crippen LogP contribution in [0.4, 0.5) is 5.69 Å². The van der Waals surface area contributed by atoms with E-state index in [1.165, 1.54) is 12.3 Å². The van der Waals surface area contributed by atoms with E-state index in [1.807, 2.05) is 30.3 Å². The molecule has 0 spiro atoms. The molecular weight excluding hydrogens is 366 g/mol. The number of rotatable bonds is 7. The molecular formula is C23H21N3O3. The molecule has 1 saturated carbocycles. The fraction of sp³-hybridized carbons (Fsp3) is 0.174. The van der Waals surface area contributed by atoms with E-state index in [-0.39, 0.29) is 23.6 Å². The molecule has 1 fully saturated rings. The van der Waals surface area contributed by atoms with Gasteiger partial charge in [0.1, 0.15) is 18.1 Å². The molecule has 2 N–H and O–H groups in total. The molecule has 4 rings (SSSR count). The van der Waals surface area contributed by atoms with Crippen molar-refractivity contribution in [3.8, 4) is 5.75 Å². The smallest absolute Gasteiger partial charge is 0.270 e. The number of nitrogens with zero attached hydrogens (tertiary/aromatic N) is 1. The van der Waals surface area contributed by atoms with Gasteiger partial charge in [-0.15, -0.1) is 0 Å². The Morgan fingerprint density at radius 3 is 2.45 bits per heavy atom. The first-order chi connectivity index (χ1) is 14.2. The number of amides is 2. The predicted octanol–water partition coefficient (Wildman–Crippen LogP) is 3.81. The topological polar surface area (TPSA) is 80.3 Å². The number of hydrogen-bond donors (Lipinski definition) is 2. The summed E-state index contributed by atoms with van der Waals surface area (Å²) in [7, 11) is 0. The van der Waals surface area contributed by atoms with Gasteiger partial charge >= 0.3 is 0 Å². The summed E-state index contributed by atoms with van der Waals surface area (Å²) in [4.78, 5) is 28.7. The third-order valence-electron chi connectivity index (χ3n) is 4.53. The Kier molecular flexibility index (Phi) is 5.52. The number of hydrogen-bond acceptors (Lipinski definition) is 4. The lowest BCUT2D eigenvalue weighted by Crippen LogP contribution is -2.26. The van der Waals surface area contributed by atoms with Crippen LogP contribution in [-0.4, -0.2) is 22.8 Å². The van der Waals surface area contributed by atoms with Crippen molar-refractivity contribution in [2.45, 2.75) is 25.5 Å². The number of nitrogens with one attached hydrogen (secondary N) is 2. The van der Waals surface area contributed by atoms with Gasteiger partial charge in [-0.25, -0.2) is 0 Å². The Morgan fingerprint density at radius 1 is 0.966 bits per heavy atom. The van der Waals surface area contributed by atoms with Gasteiger partial charge in [-0.3, -0.25) is 14.6 Å². The predicted molar refractivity (Wildman–Crippen MR) is 110 cm³/mol. The summed E-state index contributed by atoms with van der Waals surface area (Å²) >= 11 is 0. The van der Waals surface area contributed by atoms with Gasteiger partial charge in [0.2, 0.25) is 0 Å². The average molecular weight is 387 g/mol. The second-order valence-electron chi connectivity index (χ2n) is 6.93. The maximum Gasteiger partial charge on any atom is 0.270 e. The first-order valence-electron chi connectivity index (χ1n) is 9.52. The highest BCUT2D eigenvalue weighted by atomic mass is 16.5. The number of carbonyl (C=O) groups excluding carboxylic acids is 2. The second-order valence-corrected chi connectivity index (χ2v) is 6.93. The third kappa shape index (κ3) is 5.19. The largest absolute Gasteiger partial charge is 0.489 e. The maximum atomic E-state index is 12.5. The van der Waals surface area contributed by atoms with Crippen LogP contribution >= 0.6 is 0 Å². The summed E-state index contributed by atoms with van der Waals surface area (Å²) in [6.45, 7) is 0.481. The molecule has 0 saturated heterocycles. The van der Waals surface area contributed by atoms with Crippen molar-refractivity contribution in [1.82, 2.24) is 10.3 Å². The number of anilines is 1. The first kappa shape index (κ1) is 18.7. The zero-order valence-electron chi connectivity index (χ0n) is 15.8.